The normalized spacial score (nSPS) is 11.7. The molecule has 1 rings (SSSR count). The fourth-order valence-electron chi connectivity index (χ4n) is 2.37. The molecule has 0 N–H and O–H groups in total. The van der Waals surface area contributed by atoms with E-state index in [4.69, 9.17) is 13.6 Å². The third-order valence-electron chi connectivity index (χ3n) is 3.51. The maximum Gasteiger partial charge on any atom is 0.392 e. The van der Waals surface area contributed by atoms with Crippen LogP contribution in [0.15, 0.2) is 24.3 Å². The molecule has 1 aromatic carbocycles. The number of ether oxygens (including phenoxy) is 1. The minimum atomic E-state index is -2.11. The van der Waals surface area contributed by atoms with Crippen LogP contribution in [-0.4, -0.2) is 21.3 Å². The van der Waals surface area contributed by atoms with Crippen LogP contribution in [0.5, 0.6) is 11.5 Å². The minimum Gasteiger partial charge on any atom is -0.520 e. The van der Waals surface area contributed by atoms with Crippen molar-refractivity contribution in [2.45, 2.75) is 78.5 Å². The highest BCUT2D eigenvalue weighted by molar-refractivity contribution is 6.65. The SMILES string of the molecule is CCCCCCCCO[Si](C)(C)Oc1ccc(OC(C)C)cc1. The number of hydrogen-bond donors (Lipinski definition) is 0. The molecule has 132 valence electrons. The first-order valence-electron chi connectivity index (χ1n) is 9.02. The van der Waals surface area contributed by atoms with E-state index in [2.05, 4.69) is 20.0 Å². The van der Waals surface area contributed by atoms with Crippen LogP contribution in [0.25, 0.3) is 0 Å². The van der Waals surface area contributed by atoms with Gasteiger partial charge in [0.1, 0.15) is 11.5 Å². The van der Waals surface area contributed by atoms with E-state index in [0.717, 1.165) is 24.5 Å². The molecule has 0 fully saturated rings. The van der Waals surface area contributed by atoms with E-state index in [1.165, 1.54) is 32.1 Å². The third kappa shape index (κ3) is 9.67. The Morgan fingerprint density at radius 2 is 1.43 bits per heavy atom. The second-order valence-electron chi connectivity index (χ2n) is 6.76. The molecule has 4 heteroatoms. The van der Waals surface area contributed by atoms with Crippen LogP contribution in [-0.2, 0) is 4.43 Å². The van der Waals surface area contributed by atoms with Gasteiger partial charge >= 0.3 is 8.56 Å². The lowest BCUT2D eigenvalue weighted by Crippen LogP contribution is -2.38. The molecule has 0 aromatic heterocycles. The standard InChI is InChI=1S/C19H34O3Si/c1-6-7-8-9-10-11-16-20-23(4,5)22-19-14-12-18(13-15-19)21-17(2)3/h12-15,17H,6-11,16H2,1-5H3. The van der Waals surface area contributed by atoms with Gasteiger partial charge in [-0.1, -0.05) is 39.0 Å². The quantitative estimate of drug-likeness (QED) is 0.349. The van der Waals surface area contributed by atoms with Crippen LogP contribution >= 0.6 is 0 Å². The summed E-state index contributed by atoms with van der Waals surface area (Å²) >= 11 is 0. The highest BCUT2D eigenvalue weighted by Crippen LogP contribution is 2.22. The maximum absolute atomic E-state index is 6.07. The average Bonchev–Trinajstić information content (AvgIpc) is 2.47. The lowest BCUT2D eigenvalue weighted by atomic mass is 10.1. The van der Waals surface area contributed by atoms with Crippen LogP contribution in [0.1, 0.15) is 59.3 Å². The molecule has 0 heterocycles. The van der Waals surface area contributed by atoms with Gasteiger partial charge in [-0.2, -0.15) is 0 Å². The van der Waals surface area contributed by atoms with Gasteiger partial charge in [-0.25, -0.2) is 0 Å². The van der Waals surface area contributed by atoms with Crippen molar-refractivity contribution in [3.05, 3.63) is 24.3 Å². The van der Waals surface area contributed by atoms with Crippen molar-refractivity contribution in [3.8, 4) is 11.5 Å². The first-order chi connectivity index (χ1) is 10.9. The van der Waals surface area contributed by atoms with Gasteiger partial charge in [-0.3, -0.25) is 0 Å². The van der Waals surface area contributed by atoms with Crippen molar-refractivity contribution in [3.63, 3.8) is 0 Å². The van der Waals surface area contributed by atoms with Gasteiger partial charge in [0, 0.05) is 6.61 Å². The van der Waals surface area contributed by atoms with E-state index in [-0.39, 0.29) is 6.10 Å². The summed E-state index contributed by atoms with van der Waals surface area (Å²) < 4.78 is 17.7. The second-order valence-corrected chi connectivity index (χ2v) is 10.0. The molecule has 0 bridgehead atoms. The summed E-state index contributed by atoms with van der Waals surface area (Å²) in [6.07, 6.45) is 7.88. The first kappa shape index (κ1) is 20.0. The number of hydrogen-bond acceptors (Lipinski definition) is 3. The molecule has 0 aliphatic carbocycles. The Kier molecular flexibility index (Phi) is 9.33. The van der Waals surface area contributed by atoms with Crippen LogP contribution in [0.4, 0.5) is 0 Å². The van der Waals surface area contributed by atoms with Gasteiger partial charge in [0.05, 0.1) is 6.10 Å². The summed E-state index contributed by atoms with van der Waals surface area (Å²) in [5, 5.41) is 0. The monoisotopic (exact) mass is 338 g/mol. The topological polar surface area (TPSA) is 27.7 Å². The second kappa shape index (κ2) is 10.7. The van der Waals surface area contributed by atoms with Crippen molar-refractivity contribution in [2.24, 2.45) is 0 Å². The zero-order chi connectivity index (χ0) is 17.1. The molecule has 3 nitrogen and oxygen atoms in total. The highest BCUT2D eigenvalue weighted by atomic mass is 28.4. The van der Waals surface area contributed by atoms with Crippen molar-refractivity contribution >= 4 is 8.56 Å². The zero-order valence-electron chi connectivity index (χ0n) is 15.6. The molecule has 1 aromatic rings. The molecule has 0 unspecified atom stereocenters. The summed E-state index contributed by atoms with van der Waals surface area (Å²) in [6.45, 7) is 11.3. The van der Waals surface area contributed by atoms with E-state index in [1.54, 1.807) is 0 Å². The number of unbranched alkanes of at least 4 members (excludes halogenated alkanes) is 5. The lowest BCUT2D eigenvalue weighted by Gasteiger charge is -2.24. The smallest absolute Gasteiger partial charge is 0.392 e. The van der Waals surface area contributed by atoms with Crippen molar-refractivity contribution in [1.82, 2.24) is 0 Å². The van der Waals surface area contributed by atoms with Crippen LogP contribution < -0.4 is 9.16 Å². The molecule has 0 radical (unpaired) electrons. The van der Waals surface area contributed by atoms with E-state index in [0.29, 0.717) is 0 Å². The van der Waals surface area contributed by atoms with E-state index in [1.807, 2.05) is 38.1 Å². The molecule has 0 atom stereocenters. The maximum atomic E-state index is 6.07. The van der Waals surface area contributed by atoms with Crippen molar-refractivity contribution in [2.75, 3.05) is 6.61 Å². The van der Waals surface area contributed by atoms with Gasteiger partial charge in [0.25, 0.3) is 0 Å². The van der Waals surface area contributed by atoms with Crippen molar-refractivity contribution < 1.29 is 13.6 Å². The predicted molar refractivity (Wildman–Crippen MR) is 99.6 cm³/mol. The molecule has 0 aliphatic heterocycles. The Morgan fingerprint density at radius 3 is 2.04 bits per heavy atom. The summed E-state index contributed by atoms with van der Waals surface area (Å²) in [5.41, 5.74) is 0. The molecule has 0 saturated heterocycles. The third-order valence-corrected chi connectivity index (χ3v) is 5.13. The van der Waals surface area contributed by atoms with Crippen LogP contribution in [0.3, 0.4) is 0 Å². The molecule has 0 aliphatic rings. The highest BCUT2D eigenvalue weighted by Gasteiger charge is 2.26. The molecular weight excluding hydrogens is 304 g/mol. The number of rotatable bonds is 12. The molecular formula is C19H34O3Si. The van der Waals surface area contributed by atoms with Gasteiger partial charge in [0.15, 0.2) is 0 Å². The summed E-state index contributed by atoms with van der Waals surface area (Å²) in [7, 11) is -2.11. The first-order valence-corrected chi connectivity index (χ1v) is 11.8. The van der Waals surface area contributed by atoms with Gasteiger partial charge < -0.3 is 13.6 Å². The lowest BCUT2D eigenvalue weighted by molar-refractivity contribution is 0.237. The zero-order valence-corrected chi connectivity index (χ0v) is 16.6. The van der Waals surface area contributed by atoms with E-state index < -0.39 is 8.56 Å². The predicted octanol–water partition coefficient (Wildman–Crippen LogP) is 5.93. The van der Waals surface area contributed by atoms with Crippen LogP contribution in [0.2, 0.25) is 13.1 Å². The molecule has 0 saturated carbocycles. The Morgan fingerprint density at radius 1 is 0.870 bits per heavy atom. The Labute approximate surface area is 143 Å². The summed E-state index contributed by atoms with van der Waals surface area (Å²) in [4.78, 5) is 0. The average molecular weight is 339 g/mol. The van der Waals surface area contributed by atoms with Gasteiger partial charge in [0.2, 0.25) is 0 Å². The summed E-state index contributed by atoms with van der Waals surface area (Å²) in [5.74, 6) is 1.74. The molecule has 23 heavy (non-hydrogen) atoms. The van der Waals surface area contributed by atoms with Crippen molar-refractivity contribution in [1.29, 1.82) is 0 Å². The molecule has 0 amide bonds. The Balaban J connectivity index is 2.28. The molecule has 0 spiro atoms. The summed E-state index contributed by atoms with van der Waals surface area (Å²) in [6, 6.07) is 7.82. The van der Waals surface area contributed by atoms with Gasteiger partial charge in [-0.05, 0) is 57.6 Å². The Hall–Kier alpha value is -1.00. The van der Waals surface area contributed by atoms with Crippen LogP contribution in [0, 0.1) is 0 Å². The largest absolute Gasteiger partial charge is 0.520 e. The van der Waals surface area contributed by atoms with E-state index >= 15 is 0 Å². The van der Waals surface area contributed by atoms with Gasteiger partial charge in [-0.15, -0.1) is 0 Å². The minimum absolute atomic E-state index is 0.188. The fraction of sp³-hybridized carbons (Fsp3) is 0.684. The fourth-order valence-corrected chi connectivity index (χ4v) is 3.77. The Bertz CT molecular complexity index is 415. The van der Waals surface area contributed by atoms with E-state index in [9.17, 15) is 0 Å². The number of benzene rings is 1.